The smallest absolute Gasteiger partial charge is 0.340 e. The number of aliphatic hydroxyl groups excluding tert-OH is 2. The molecule has 1 aliphatic carbocycles. The zero-order chi connectivity index (χ0) is 27.9. The predicted octanol–water partition coefficient (Wildman–Crippen LogP) is 0.552. The lowest BCUT2D eigenvalue weighted by Crippen LogP contribution is -2.58. The van der Waals surface area contributed by atoms with E-state index in [1.165, 1.54) is 6.07 Å². The number of carbonyl (C=O) groups excluding carboxylic acids is 2. The molecule has 2 unspecified atom stereocenters. The molecule has 7 N–H and O–H groups in total. The fourth-order valence-corrected chi connectivity index (χ4v) is 5.21. The maximum absolute atomic E-state index is 14.5. The SMILES string of the molecule is CC.Cc1c(F)cc2nc3c(c4c2c1CCC4)Cn1c-3cc2c(c1=O)COC(=O)C2O.NC(=O)C(O)C[NH3+]. The Morgan fingerprint density at radius 2 is 1.92 bits per heavy atom. The average molecular weight is 528 g/mol. The molecule has 3 aliphatic rings. The summed E-state index contributed by atoms with van der Waals surface area (Å²) in [5.41, 5.74) is 13.7. The summed E-state index contributed by atoms with van der Waals surface area (Å²) in [6, 6.07) is 3.13. The number of aryl methyl sites for hydroxylation is 2. The Balaban J connectivity index is 0.000000328. The minimum Gasteiger partial charge on any atom is -0.458 e. The predicted molar refractivity (Wildman–Crippen MR) is 136 cm³/mol. The maximum atomic E-state index is 14.5. The van der Waals surface area contributed by atoms with Gasteiger partial charge in [-0.05, 0) is 48.9 Å². The molecule has 1 aromatic carbocycles. The number of nitrogens with two attached hydrogens (primary N) is 1. The first-order valence-corrected chi connectivity index (χ1v) is 12.7. The summed E-state index contributed by atoms with van der Waals surface area (Å²) >= 11 is 0. The van der Waals surface area contributed by atoms with Crippen LogP contribution in [0, 0.1) is 12.7 Å². The van der Waals surface area contributed by atoms with Crippen LogP contribution in [0.1, 0.15) is 59.8 Å². The summed E-state index contributed by atoms with van der Waals surface area (Å²) in [6.07, 6.45) is 0.0462. The van der Waals surface area contributed by atoms with Gasteiger partial charge in [0.25, 0.3) is 11.5 Å². The number of aromatic nitrogens is 2. The van der Waals surface area contributed by atoms with Crippen LogP contribution in [0.2, 0.25) is 0 Å². The number of amides is 1. The largest absolute Gasteiger partial charge is 0.458 e. The van der Waals surface area contributed by atoms with Crippen LogP contribution in [-0.2, 0) is 40.3 Å². The minimum atomic E-state index is -1.48. The number of nitrogens with zero attached hydrogens (tertiary/aromatic N) is 2. The van der Waals surface area contributed by atoms with Crippen LogP contribution < -0.4 is 17.0 Å². The quantitative estimate of drug-likeness (QED) is 0.276. The molecule has 1 amide bonds. The number of cyclic esters (lactones) is 1. The highest BCUT2D eigenvalue weighted by Gasteiger charge is 2.35. The van der Waals surface area contributed by atoms with E-state index in [1.807, 2.05) is 13.8 Å². The molecule has 6 rings (SSSR count). The first-order valence-electron chi connectivity index (χ1n) is 12.7. The Labute approximate surface area is 218 Å². The molecule has 202 valence electrons. The molecule has 4 heterocycles. The van der Waals surface area contributed by atoms with Gasteiger partial charge in [0.2, 0.25) is 0 Å². The summed E-state index contributed by atoms with van der Waals surface area (Å²) in [4.78, 5) is 39.4. The molecule has 2 atom stereocenters. The van der Waals surface area contributed by atoms with Crippen molar-refractivity contribution in [3.63, 3.8) is 0 Å². The van der Waals surface area contributed by atoms with Crippen molar-refractivity contribution >= 4 is 22.8 Å². The van der Waals surface area contributed by atoms with Crippen LogP contribution in [0.25, 0.3) is 22.3 Å². The number of halogens is 1. The zero-order valence-corrected chi connectivity index (χ0v) is 21.6. The van der Waals surface area contributed by atoms with Crippen molar-refractivity contribution in [1.29, 1.82) is 0 Å². The normalized spacial score (nSPS) is 17.1. The van der Waals surface area contributed by atoms with E-state index in [4.69, 9.17) is 14.8 Å². The van der Waals surface area contributed by atoms with Gasteiger partial charge in [-0.2, -0.15) is 0 Å². The summed E-state index contributed by atoms with van der Waals surface area (Å²) in [5, 5.41) is 19.6. The molecular formula is C27H32FN4O6+. The highest BCUT2D eigenvalue weighted by Crippen LogP contribution is 2.41. The highest BCUT2D eigenvalue weighted by atomic mass is 19.1. The monoisotopic (exact) mass is 527 g/mol. The number of pyridine rings is 2. The molecule has 38 heavy (non-hydrogen) atoms. The van der Waals surface area contributed by atoms with Crippen LogP contribution in [0.5, 0.6) is 0 Å². The second-order valence-electron chi connectivity index (χ2n) is 9.20. The number of carbonyl (C=O) groups is 2. The molecule has 0 fully saturated rings. The second kappa shape index (κ2) is 10.6. The van der Waals surface area contributed by atoms with Gasteiger partial charge in [0.05, 0.1) is 29.0 Å². The van der Waals surface area contributed by atoms with Crippen LogP contribution >= 0.6 is 0 Å². The van der Waals surface area contributed by atoms with E-state index < -0.39 is 24.1 Å². The molecule has 0 radical (unpaired) electrons. The third-order valence-electron chi connectivity index (χ3n) is 7.14. The molecule has 0 spiro atoms. The van der Waals surface area contributed by atoms with E-state index in [2.05, 4.69) is 11.5 Å². The Morgan fingerprint density at radius 3 is 2.55 bits per heavy atom. The van der Waals surface area contributed by atoms with E-state index in [9.17, 15) is 23.9 Å². The van der Waals surface area contributed by atoms with Crippen LogP contribution in [-0.4, -0.2) is 44.3 Å². The highest BCUT2D eigenvalue weighted by molar-refractivity contribution is 5.92. The van der Waals surface area contributed by atoms with Crippen molar-refractivity contribution < 1.29 is 34.7 Å². The van der Waals surface area contributed by atoms with Crippen molar-refractivity contribution in [1.82, 2.24) is 9.55 Å². The molecule has 0 saturated carbocycles. The number of ether oxygens (including phenoxy) is 1. The molecule has 0 bridgehead atoms. The number of quaternary nitrogens is 1. The van der Waals surface area contributed by atoms with Crippen molar-refractivity contribution in [3.05, 3.63) is 61.7 Å². The molecule has 10 nitrogen and oxygen atoms in total. The van der Waals surface area contributed by atoms with Crippen molar-refractivity contribution in [3.8, 4) is 11.4 Å². The third-order valence-corrected chi connectivity index (χ3v) is 7.14. The molecule has 3 aromatic rings. The lowest BCUT2D eigenvalue weighted by atomic mass is 9.85. The van der Waals surface area contributed by atoms with Gasteiger partial charge in [-0.25, -0.2) is 14.2 Å². The molecule has 2 aliphatic heterocycles. The number of aliphatic hydroxyl groups is 2. The van der Waals surface area contributed by atoms with Gasteiger partial charge in [-0.1, -0.05) is 13.8 Å². The van der Waals surface area contributed by atoms with Gasteiger partial charge < -0.3 is 31.0 Å². The summed E-state index contributed by atoms with van der Waals surface area (Å²) in [7, 11) is 0. The van der Waals surface area contributed by atoms with Gasteiger partial charge in [0.1, 0.15) is 19.0 Å². The van der Waals surface area contributed by atoms with Gasteiger partial charge in [-0.3, -0.25) is 9.59 Å². The van der Waals surface area contributed by atoms with Crippen molar-refractivity contribution in [2.75, 3.05) is 6.54 Å². The number of hydrogen-bond acceptors (Lipinski definition) is 7. The number of esters is 1. The summed E-state index contributed by atoms with van der Waals surface area (Å²) in [5.74, 6) is -1.74. The molecule has 11 heteroatoms. The first-order chi connectivity index (χ1) is 18.1. The number of primary amides is 1. The maximum Gasteiger partial charge on any atom is 0.340 e. The van der Waals surface area contributed by atoms with E-state index in [0.29, 0.717) is 34.6 Å². The number of hydrogen-bond donors (Lipinski definition) is 4. The van der Waals surface area contributed by atoms with Crippen LogP contribution in [0.15, 0.2) is 16.9 Å². The van der Waals surface area contributed by atoms with Crippen molar-refractivity contribution in [2.45, 2.75) is 65.4 Å². The topological polar surface area (TPSA) is 172 Å². The number of rotatable bonds is 2. The van der Waals surface area contributed by atoms with Gasteiger partial charge >= 0.3 is 5.97 Å². The lowest BCUT2D eigenvalue weighted by molar-refractivity contribution is -0.379. The summed E-state index contributed by atoms with van der Waals surface area (Å²) < 4.78 is 21.1. The van der Waals surface area contributed by atoms with Crippen molar-refractivity contribution in [2.24, 2.45) is 5.73 Å². The Bertz CT molecular complexity index is 1520. The van der Waals surface area contributed by atoms with Gasteiger partial charge in [0, 0.05) is 22.6 Å². The Morgan fingerprint density at radius 1 is 1.24 bits per heavy atom. The van der Waals surface area contributed by atoms with E-state index >= 15 is 0 Å². The lowest BCUT2D eigenvalue weighted by Gasteiger charge is -2.22. The zero-order valence-electron chi connectivity index (χ0n) is 21.6. The van der Waals surface area contributed by atoms with Crippen LogP contribution in [0.3, 0.4) is 0 Å². The number of benzene rings is 1. The van der Waals surface area contributed by atoms with Gasteiger partial charge in [0.15, 0.2) is 12.2 Å². The standard InChI is InChI=1S/C22H17FN2O4.C3H8N2O2.C2H6/c1-9-10-3-2-4-11-13-7-25-17(19(13)24-16(18(10)11)6-15(9)23)5-12-14(21(25)27)8-29-22(28)20(12)26;4-1-2(6)3(5)7;1-2/h5-6,20,26H,2-4,7-8H2,1H3;2,6H,1,4H2,(H2,5,7);1-2H3/p+1. The van der Waals surface area contributed by atoms with E-state index in [0.717, 1.165) is 41.3 Å². The number of fused-ring (bicyclic) bond motifs is 5. The minimum absolute atomic E-state index is 0.141. The third kappa shape index (κ3) is 4.36. The van der Waals surface area contributed by atoms with E-state index in [1.54, 1.807) is 17.6 Å². The molecule has 0 saturated heterocycles. The first kappa shape index (κ1) is 27.4. The molecule has 2 aromatic heterocycles. The molecular weight excluding hydrogens is 495 g/mol. The summed E-state index contributed by atoms with van der Waals surface area (Å²) in [6.45, 7) is 6.19. The van der Waals surface area contributed by atoms with Gasteiger partial charge in [-0.15, -0.1) is 0 Å². The second-order valence-corrected chi connectivity index (χ2v) is 9.20. The Hall–Kier alpha value is -3.67. The fraction of sp³-hybridized carbons (Fsp3) is 0.407. The Kier molecular flexibility index (Phi) is 7.63. The van der Waals surface area contributed by atoms with Crippen LogP contribution in [0.4, 0.5) is 4.39 Å². The van der Waals surface area contributed by atoms with E-state index in [-0.39, 0.29) is 30.1 Å². The fourth-order valence-electron chi connectivity index (χ4n) is 5.21. The average Bonchev–Trinajstić information content (AvgIpc) is 3.29.